The number of hydrogen-bond donors (Lipinski definition) is 1. The summed E-state index contributed by atoms with van der Waals surface area (Å²) in [6.07, 6.45) is 0.501. The standard InChI is InChI=1S/C16H20N2O3S/c1-4-14(16(19)17-15-9-12(3)21-18-15)22(20)10-13-8-6-5-7-11(13)2/h5-9,14H,4,10H2,1-3H3,(H,17,18,19)/t14-,22-/m1/s1. The first kappa shape index (κ1) is 16.4. The number of aryl methyl sites for hydroxylation is 2. The van der Waals surface area contributed by atoms with Gasteiger partial charge in [-0.1, -0.05) is 36.3 Å². The molecule has 0 aliphatic heterocycles. The molecule has 0 aliphatic rings. The molecule has 0 bridgehead atoms. The molecule has 0 unspecified atom stereocenters. The molecule has 0 saturated carbocycles. The number of nitrogens with one attached hydrogen (secondary N) is 1. The molecule has 1 N–H and O–H groups in total. The molecule has 1 heterocycles. The summed E-state index contributed by atoms with van der Waals surface area (Å²) in [5.41, 5.74) is 2.09. The number of carbonyl (C=O) groups is 1. The third-order valence-corrected chi connectivity index (χ3v) is 5.20. The van der Waals surface area contributed by atoms with Crippen molar-refractivity contribution in [3.8, 4) is 0 Å². The Balaban J connectivity index is 2.05. The Morgan fingerprint density at radius 1 is 1.36 bits per heavy atom. The lowest BCUT2D eigenvalue weighted by Gasteiger charge is -2.14. The van der Waals surface area contributed by atoms with E-state index in [9.17, 15) is 9.00 Å². The molecule has 0 radical (unpaired) electrons. The molecular weight excluding hydrogens is 300 g/mol. The number of hydrogen-bond acceptors (Lipinski definition) is 4. The SMILES string of the molecule is CC[C@H](C(=O)Nc1cc(C)on1)[S@](=O)Cc1ccccc1C. The van der Waals surface area contributed by atoms with Crippen molar-refractivity contribution in [2.24, 2.45) is 0 Å². The number of amides is 1. The number of anilines is 1. The molecule has 0 spiro atoms. The number of benzene rings is 1. The summed E-state index contributed by atoms with van der Waals surface area (Å²) in [6, 6.07) is 9.41. The van der Waals surface area contributed by atoms with Crippen LogP contribution >= 0.6 is 0 Å². The third-order valence-electron chi connectivity index (χ3n) is 3.42. The highest BCUT2D eigenvalue weighted by molar-refractivity contribution is 7.85. The van der Waals surface area contributed by atoms with Crippen LogP contribution in [0.4, 0.5) is 5.82 Å². The summed E-state index contributed by atoms with van der Waals surface area (Å²) >= 11 is 0. The Morgan fingerprint density at radius 2 is 2.09 bits per heavy atom. The maximum Gasteiger partial charge on any atom is 0.241 e. The maximum absolute atomic E-state index is 12.5. The largest absolute Gasteiger partial charge is 0.360 e. The highest BCUT2D eigenvalue weighted by Crippen LogP contribution is 2.16. The minimum Gasteiger partial charge on any atom is -0.360 e. The van der Waals surface area contributed by atoms with Gasteiger partial charge in [-0.15, -0.1) is 0 Å². The van der Waals surface area contributed by atoms with Gasteiger partial charge in [0.15, 0.2) is 5.82 Å². The van der Waals surface area contributed by atoms with Crippen LogP contribution in [0, 0.1) is 13.8 Å². The van der Waals surface area contributed by atoms with Crippen LogP contribution in [-0.2, 0) is 21.3 Å². The summed E-state index contributed by atoms with van der Waals surface area (Å²) in [5.74, 6) is 1.05. The Hall–Kier alpha value is -1.95. The smallest absolute Gasteiger partial charge is 0.241 e. The molecular formula is C16H20N2O3S. The normalized spacial score (nSPS) is 13.6. The van der Waals surface area contributed by atoms with Crippen molar-refractivity contribution in [3.63, 3.8) is 0 Å². The fourth-order valence-corrected chi connectivity index (χ4v) is 3.65. The van der Waals surface area contributed by atoms with E-state index >= 15 is 0 Å². The van der Waals surface area contributed by atoms with E-state index in [1.165, 1.54) is 0 Å². The molecule has 1 aromatic heterocycles. The van der Waals surface area contributed by atoms with Gasteiger partial charge in [-0.05, 0) is 31.4 Å². The van der Waals surface area contributed by atoms with Gasteiger partial charge in [-0.3, -0.25) is 9.00 Å². The predicted octanol–water partition coefficient (Wildman–Crippen LogP) is 2.96. The van der Waals surface area contributed by atoms with Crippen molar-refractivity contribution in [1.29, 1.82) is 0 Å². The minimum atomic E-state index is -1.29. The maximum atomic E-state index is 12.5. The molecule has 118 valence electrons. The van der Waals surface area contributed by atoms with Gasteiger partial charge < -0.3 is 9.84 Å². The van der Waals surface area contributed by atoms with Crippen molar-refractivity contribution in [3.05, 3.63) is 47.2 Å². The summed E-state index contributed by atoms with van der Waals surface area (Å²) in [5, 5.41) is 5.81. The van der Waals surface area contributed by atoms with E-state index in [-0.39, 0.29) is 5.91 Å². The van der Waals surface area contributed by atoms with E-state index in [2.05, 4.69) is 10.5 Å². The first-order valence-electron chi connectivity index (χ1n) is 7.17. The lowest BCUT2D eigenvalue weighted by Crippen LogP contribution is -2.32. The van der Waals surface area contributed by atoms with Gasteiger partial charge in [-0.25, -0.2) is 0 Å². The van der Waals surface area contributed by atoms with Crippen LogP contribution in [0.3, 0.4) is 0 Å². The van der Waals surface area contributed by atoms with Crippen LogP contribution in [0.25, 0.3) is 0 Å². The van der Waals surface area contributed by atoms with E-state index in [1.807, 2.05) is 38.1 Å². The predicted molar refractivity (Wildman–Crippen MR) is 87.0 cm³/mol. The zero-order valence-electron chi connectivity index (χ0n) is 13.0. The zero-order chi connectivity index (χ0) is 16.1. The molecule has 0 aliphatic carbocycles. The molecule has 5 nitrogen and oxygen atoms in total. The lowest BCUT2D eigenvalue weighted by molar-refractivity contribution is -0.115. The first-order chi connectivity index (χ1) is 10.5. The Bertz CT molecular complexity index is 682. The van der Waals surface area contributed by atoms with Gasteiger partial charge >= 0.3 is 0 Å². The van der Waals surface area contributed by atoms with Gasteiger partial charge in [0.1, 0.15) is 11.0 Å². The number of carbonyl (C=O) groups excluding carboxylic acids is 1. The van der Waals surface area contributed by atoms with Crippen LogP contribution in [0.2, 0.25) is 0 Å². The van der Waals surface area contributed by atoms with E-state index in [0.29, 0.717) is 23.8 Å². The highest BCUT2D eigenvalue weighted by Gasteiger charge is 2.24. The van der Waals surface area contributed by atoms with Crippen LogP contribution in [0.15, 0.2) is 34.9 Å². The first-order valence-corrected chi connectivity index (χ1v) is 8.55. The second-order valence-corrected chi connectivity index (χ2v) is 6.78. The molecule has 2 rings (SSSR count). The fourth-order valence-electron chi connectivity index (χ4n) is 2.15. The number of nitrogens with zero attached hydrogens (tertiary/aromatic N) is 1. The highest BCUT2D eigenvalue weighted by atomic mass is 32.2. The summed E-state index contributed by atoms with van der Waals surface area (Å²) in [7, 11) is -1.29. The van der Waals surface area contributed by atoms with Gasteiger partial charge in [0.2, 0.25) is 5.91 Å². The van der Waals surface area contributed by atoms with Gasteiger partial charge in [0.25, 0.3) is 0 Å². The number of aromatic nitrogens is 1. The van der Waals surface area contributed by atoms with Crippen LogP contribution < -0.4 is 5.32 Å². The van der Waals surface area contributed by atoms with Crippen LogP contribution in [-0.4, -0.2) is 20.5 Å². The fraction of sp³-hybridized carbons (Fsp3) is 0.375. The Morgan fingerprint density at radius 3 is 2.68 bits per heavy atom. The quantitative estimate of drug-likeness (QED) is 0.888. The summed E-state index contributed by atoms with van der Waals surface area (Å²) in [4.78, 5) is 12.3. The Labute approximate surface area is 132 Å². The molecule has 6 heteroatoms. The molecule has 2 aromatic rings. The third kappa shape index (κ3) is 4.04. The molecule has 22 heavy (non-hydrogen) atoms. The average molecular weight is 320 g/mol. The summed E-state index contributed by atoms with van der Waals surface area (Å²) in [6.45, 7) is 5.58. The van der Waals surface area contributed by atoms with Crippen molar-refractivity contribution in [2.45, 2.75) is 38.2 Å². The zero-order valence-corrected chi connectivity index (χ0v) is 13.8. The van der Waals surface area contributed by atoms with E-state index in [1.54, 1.807) is 13.0 Å². The number of rotatable bonds is 6. The second-order valence-electron chi connectivity index (χ2n) is 5.16. The van der Waals surface area contributed by atoms with Crippen molar-refractivity contribution in [1.82, 2.24) is 5.16 Å². The molecule has 2 atom stereocenters. The molecule has 1 aromatic carbocycles. The minimum absolute atomic E-state index is 0.289. The second kappa shape index (κ2) is 7.35. The lowest BCUT2D eigenvalue weighted by atomic mass is 10.1. The molecule has 1 amide bonds. The van der Waals surface area contributed by atoms with Crippen LogP contribution in [0.5, 0.6) is 0 Å². The topological polar surface area (TPSA) is 72.2 Å². The summed E-state index contributed by atoms with van der Waals surface area (Å²) < 4.78 is 17.4. The van der Waals surface area contributed by atoms with Crippen molar-refractivity contribution in [2.75, 3.05) is 5.32 Å². The van der Waals surface area contributed by atoms with Crippen molar-refractivity contribution >= 4 is 22.5 Å². The monoisotopic (exact) mass is 320 g/mol. The van der Waals surface area contributed by atoms with E-state index in [0.717, 1.165) is 11.1 Å². The van der Waals surface area contributed by atoms with E-state index < -0.39 is 16.0 Å². The van der Waals surface area contributed by atoms with Crippen molar-refractivity contribution < 1.29 is 13.5 Å². The van der Waals surface area contributed by atoms with Gasteiger partial charge in [0, 0.05) is 22.6 Å². The van der Waals surface area contributed by atoms with E-state index in [4.69, 9.17) is 4.52 Å². The molecule has 0 saturated heterocycles. The average Bonchev–Trinajstić information content (AvgIpc) is 2.87. The van der Waals surface area contributed by atoms with Crippen LogP contribution in [0.1, 0.15) is 30.2 Å². The van der Waals surface area contributed by atoms with Gasteiger partial charge in [0.05, 0.1) is 0 Å². The molecule has 0 fully saturated rings. The van der Waals surface area contributed by atoms with Gasteiger partial charge in [-0.2, -0.15) is 0 Å². The Kier molecular flexibility index (Phi) is 5.49.